The fraction of sp³-hybridized carbons (Fsp3) is 0.300. The minimum Gasteiger partial charge on any atom is -0.369 e. The maximum atomic E-state index is 13.0. The molecule has 0 radical (unpaired) electrons. The molecule has 0 unspecified atom stereocenters. The van der Waals surface area contributed by atoms with Crippen LogP contribution in [0.2, 0.25) is 5.02 Å². The van der Waals surface area contributed by atoms with Crippen molar-refractivity contribution < 1.29 is 9.18 Å². The highest BCUT2D eigenvalue weighted by atomic mass is 35.5. The van der Waals surface area contributed by atoms with Crippen molar-refractivity contribution in [3.8, 4) is 0 Å². The first-order valence-corrected chi connectivity index (χ1v) is 4.70. The normalized spacial score (nSPS) is 8.86. The molecule has 1 aromatic rings. The summed E-state index contributed by atoms with van der Waals surface area (Å²) in [6.45, 7) is 4.00. The molecule has 2 N–H and O–H groups in total. The van der Waals surface area contributed by atoms with E-state index in [0.717, 1.165) is 0 Å². The van der Waals surface area contributed by atoms with Crippen molar-refractivity contribution in [3.05, 3.63) is 34.6 Å². The zero-order chi connectivity index (χ0) is 11.1. The van der Waals surface area contributed by atoms with Crippen LogP contribution in [-0.4, -0.2) is 5.91 Å². The molecule has 0 saturated carbocycles. The van der Waals surface area contributed by atoms with Crippen molar-refractivity contribution in [1.29, 1.82) is 0 Å². The number of halogens is 2. The molecule has 1 amide bonds. The predicted molar refractivity (Wildman–Crippen MR) is 55.7 cm³/mol. The van der Waals surface area contributed by atoms with Gasteiger partial charge in [-0.1, -0.05) is 37.6 Å². The summed E-state index contributed by atoms with van der Waals surface area (Å²) in [4.78, 5) is 10.4. The van der Waals surface area contributed by atoms with Crippen molar-refractivity contribution in [1.82, 2.24) is 0 Å². The fourth-order valence-corrected chi connectivity index (χ4v) is 1.07. The summed E-state index contributed by atoms with van der Waals surface area (Å²) in [6, 6.07) is 4.47. The summed E-state index contributed by atoms with van der Waals surface area (Å²) < 4.78 is 13.0. The van der Waals surface area contributed by atoms with E-state index in [-0.39, 0.29) is 17.0 Å². The van der Waals surface area contributed by atoms with Crippen molar-refractivity contribution in [3.63, 3.8) is 0 Å². The molecule has 2 nitrogen and oxygen atoms in total. The van der Waals surface area contributed by atoms with Gasteiger partial charge in [-0.05, 0) is 11.6 Å². The van der Waals surface area contributed by atoms with Gasteiger partial charge in [-0.3, -0.25) is 4.79 Å². The Morgan fingerprint density at radius 3 is 2.57 bits per heavy atom. The van der Waals surface area contributed by atoms with E-state index in [0.29, 0.717) is 0 Å². The summed E-state index contributed by atoms with van der Waals surface area (Å²) in [7, 11) is 0. The Bertz CT molecular complexity index is 315. The van der Waals surface area contributed by atoms with Crippen LogP contribution in [0, 0.1) is 5.82 Å². The number of carbonyl (C=O) groups excluding carboxylic acids is 1. The van der Waals surface area contributed by atoms with Crippen LogP contribution >= 0.6 is 11.6 Å². The Labute approximate surface area is 87.9 Å². The second-order valence-electron chi connectivity index (χ2n) is 2.36. The Hall–Kier alpha value is -1.09. The molecule has 0 aromatic heterocycles. The number of carbonyl (C=O) groups is 1. The smallest absolute Gasteiger partial charge is 0.221 e. The van der Waals surface area contributed by atoms with Gasteiger partial charge in [-0.2, -0.15) is 0 Å². The van der Waals surface area contributed by atoms with Gasteiger partial charge in [0, 0.05) is 0 Å². The van der Waals surface area contributed by atoms with Crippen LogP contribution < -0.4 is 5.73 Å². The average Bonchev–Trinajstić information content (AvgIpc) is 2.16. The van der Waals surface area contributed by atoms with Crippen LogP contribution in [-0.2, 0) is 11.2 Å². The molecule has 1 rings (SSSR count). The lowest BCUT2D eigenvalue weighted by atomic mass is 10.1. The van der Waals surface area contributed by atoms with Crippen molar-refractivity contribution in [2.45, 2.75) is 20.3 Å². The molecular weight excluding hydrogens is 205 g/mol. The van der Waals surface area contributed by atoms with Gasteiger partial charge in [0.05, 0.1) is 11.4 Å². The molecule has 1 aromatic carbocycles. The highest BCUT2D eigenvalue weighted by molar-refractivity contribution is 6.30. The average molecular weight is 218 g/mol. The third kappa shape index (κ3) is 3.75. The van der Waals surface area contributed by atoms with Gasteiger partial charge < -0.3 is 5.73 Å². The summed E-state index contributed by atoms with van der Waals surface area (Å²) >= 11 is 5.47. The van der Waals surface area contributed by atoms with Gasteiger partial charge in [0.1, 0.15) is 5.82 Å². The molecule has 0 aliphatic carbocycles. The van der Waals surface area contributed by atoms with E-state index in [4.69, 9.17) is 17.3 Å². The van der Waals surface area contributed by atoms with Crippen LogP contribution in [0.3, 0.4) is 0 Å². The van der Waals surface area contributed by atoms with Gasteiger partial charge in [-0.25, -0.2) is 4.39 Å². The predicted octanol–water partition coefficient (Wildman–Crippen LogP) is 2.53. The van der Waals surface area contributed by atoms with E-state index in [1.807, 2.05) is 13.8 Å². The quantitative estimate of drug-likeness (QED) is 0.813. The molecule has 0 aliphatic heterocycles. The fourth-order valence-electron chi connectivity index (χ4n) is 0.873. The Kier molecular flexibility index (Phi) is 5.88. The second kappa shape index (κ2) is 6.38. The van der Waals surface area contributed by atoms with Crippen molar-refractivity contribution >= 4 is 17.5 Å². The highest BCUT2D eigenvalue weighted by Gasteiger charge is 2.07. The van der Waals surface area contributed by atoms with Crippen LogP contribution in [0.4, 0.5) is 4.39 Å². The second-order valence-corrected chi connectivity index (χ2v) is 2.76. The van der Waals surface area contributed by atoms with E-state index in [2.05, 4.69) is 0 Å². The van der Waals surface area contributed by atoms with Crippen LogP contribution in [0.15, 0.2) is 18.2 Å². The first-order valence-electron chi connectivity index (χ1n) is 4.32. The first kappa shape index (κ1) is 12.9. The highest BCUT2D eigenvalue weighted by Crippen LogP contribution is 2.17. The Morgan fingerprint density at radius 2 is 2.07 bits per heavy atom. The number of hydrogen-bond donors (Lipinski definition) is 1. The van der Waals surface area contributed by atoms with E-state index >= 15 is 0 Å². The third-order valence-electron chi connectivity index (χ3n) is 1.40. The largest absolute Gasteiger partial charge is 0.369 e. The molecule has 0 aliphatic rings. The number of rotatable bonds is 2. The zero-order valence-electron chi connectivity index (χ0n) is 8.18. The van der Waals surface area contributed by atoms with Gasteiger partial charge in [-0.15, -0.1) is 0 Å². The minimum absolute atomic E-state index is 0.00810. The molecule has 0 heterocycles. The van der Waals surface area contributed by atoms with Crippen LogP contribution in [0.1, 0.15) is 19.4 Å². The molecule has 4 heteroatoms. The molecule has 78 valence electrons. The van der Waals surface area contributed by atoms with E-state index < -0.39 is 11.7 Å². The Morgan fingerprint density at radius 1 is 1.50 bits per heavy atom. The van der Waals surface area contributed by atoms with Gasteiger partial charge in [0.25, 0.3) is 0 Å². The van der Waals surface area contributed by atoms with E-state index in [1.54, 1.807) is 6.07 Å². The van der Waals surface area contributed by atoms with Gasteiger partial charge >= 0.3 is 0 Å². The third-order valence-corrected chi connectivity index (χ3v) is 1.69. The number of benzene rings is 1. The summed E-state index contributed by atoms with van der Waals surface area (Å²) in [5.41, 5.74) is 5.13. The van der Waals surface area contributed by atoms with Crippen LogP contribution in [0.5, 0.6) is 0 Å². The first-order chi connectivity index (χ1) is 6.61. The number of hydrogen-bond acceptors (Lipinski definition) is 1. The number of nitrogens with two attached hydrogens (primary N) is 1. The van der Waals surface area contributed by atoms with Crippen molar-refractivity contribution in [2.75, 3.05) is 0 Å². The standard InChI is InChI=1S/C8H7ClFNO.C2H6/c9-6-3-1-2-5(8(6)10)4-7(11)12;1-2/h1-3H,4H2,(H2,11,12);1-2H3. The zero-order valence-corrected chi connectivity index (χ0v) is 8.94. The van der Waals surface area contributed by atoms with Gasteiger partial charge in [0.2, 0.25) is 5.91 Å². The maximum absolute atomic E-state index is 13.0. The molecule has 0 spiro atoms. The Balaban J connectivity index is 0.000000791. The van der Waals surface area contributed by atoms with Crippen LogP contribution in [0.25, 0.3) is 0 Å². The number of amides is 1. The molecule has 14 heavy (non-hydrogen) atoms. The van der Waals surface area contributed by atoms with Crippen molar-refractivity contribution in [2.24, 2.45) is 5.73 Å². The molecular formula is C10H13ClFNO. The molecule has 0 atom stereocenters. The van der Waals surface area contributed by atoms with Gasteiger partial charge in [0.15, 0.2) is 0 Å². The molecule has 0 fully saturated rings. The SMILES string of the molecule is CC.NC(=O)Cc1cccc(Cl)c1F. The van der Waals surface area contributed by atoms with E-state index in [9.17, 15) is 9.18 Å². The summed E-state index contributed by atoms with van der Waals surface area (Å²) in [6.07, 6.45) is -0.119. The topological polar surface area (TPSA) is 43.1 Å². The maximum Gasteiger partial charge on any atom is 0.221 e. The molecule has 0 saturated heterocycles. The molecule has 0 bridgehead atoms. The monoisotopic (exact) mass is 217 g/mol. The van der Waals surface area contributed by atoms with E-state index in [1.165, 1.54) is 12.1 Å². The summed E-state index contributed by atoms with van der Waals surface area (Å²) in [5.74, 6) is -1.14. The lowest BCUT2D eigenvalue weighted by Gasteiger charge is -2.00. The minimum atomic E-state index is -0.573. The summed E-state index contributed by atoms with van der Waals surface area (Å²) in [5, 5.41) is 0.00810. The number of primary amides is 1. The lowest BCUT2D eigenvalue weighted by molar-refractivity contribution is -0.117. The lowest BCUT2D eigenvalue weighted by Crippen LogP contribution is -2.14.